The molecule has 1 heterocycles. The third kappa shape index (κ3) is 5.49. The van der Waals surface area contributed by atoms with E-state index in [0.717, 1.165) is 11.3 Å². The van der Waals surface area contributed by atoms with Gasteiger partial charge in [-0.3, -0.25) is 9.78 Å². The van der Waals surface area contributed by atoms with Crippen molar-refractivity contribution in [3.05, 3.63) is 59.4 Å². The quantitative estimate of drug-likeness (QED) is 0.805. The first-order valence-electron chi connectivity index (χ1n) is 7.92. The van der Waals surface area contributed by atoms with Crippen LogP contribution in [0.4, 0.5) is 4.79 Å². The number of rotatable bonds is 7. The summed E-state index contributed by atoms with van der Waals surface area (Å²) in [6.45, 7) is 2.80. The number of para-hydroxylation sites is 1. The van der Waals surface area contributed by atoms with Crippen LogP contribution in [0.15, 0.2) is 42.6 Å². The Morgan fingerprint density at radius 1 is 1.20 bits per heavy atom. The number of carbonyl (C=O) groups excluding carboxylic acids is 2. The van der Waals surface area contributed by atoms with Gasteiger partial charge in [-0.05, 0) is 30.7 Å². The van der Waals surface area contributed by atoms with Crippen molar-refractivity contribution in [2.75, 3.05) is 13.7 Å². The average Bonchev–Trinajstić information content (AvgIpc) is 2.65. The summed E-state index contributed by atoms with van der Waals surface area (Å²) < 4.78 is 10.7. The van der Waals surface area contributed by atoms with Gasteiger partial charge in [-0.25, -0.2) is 4.79 Å². The lowest BCUT2D eigenvalue weighted by Gasteiger charge is -2.11. The summed E-state index contributed by atoms with van der Waals surface area (Å²) in [6.07, 6.45) is 0.948. The van der Waals surface area contributed by atoms with Crippen LogP contribution in [0.3, 0.4) is 0 Å². The Bertz CT molecular complexity index is 734. The number of hydrogen-bond acceptors (Lipinski definition) is 5. The molecule has 1 aromatic heterocycles. The fourth-order valence-corrected chi connectivity index (χ4v) is 2.13. The Morgan fingerprint density at radius 3 is 2.76 bits per heavy atom. The van der Waals surface area contributed by atoms with Crippen molar-refractivity contribution in [3.63, 3.8) is 0 Å². The van der Waals surface area contributed by atoms with E-state index in [-0.39, 0.29) is 18.2 Å². The summed E-state index contributed by atoms with van der Waals surface area (Å²) >= 11 is 0. The molecule has 0 unspecified atom stereocenters. The van der Waals surface area contributed by atoms with Crippen molar-refractivity contribution >= 4 is 12.0 Å². The van der Waals surface area contributed by atoms with Crippen LogP contribution < -0.4 is 15.4 Å². The third-order valence-corrected chi connectivity index (χ3v) is 3.35. The predicted molar refractivity (Wildman–Crippen MR) is 92.3 cm³/mol. The van der Waals surface area contributed by atoms with Gasteiger partial charge in [-0.15, -0.1) is 0 Å². The minimum Gasteiger partial charge on any atom is -0.494 e. The molecule has 25 heavy (non-hydrogen) atoms. The zero-order valence-electron chi connectivity index (χ0n) is 14.2. The molecule has 0 saturated heterocycles. The lowest BCUT2D eigenvalue weighted by Crippen LogP contribution is -2.24. The number of aromatic nitrogens is 1. The van der Waals surface area contributed by atoms with E-state index in [1.807, 2.05) is 31.2 Å². The summed E-state index contributed by atoms with van der Waals surface area (Å²) in [4.78, 5) is 27.4. The molecule has 0 radical (unpaired) electrons. The molecule has 2 N–H and O–H groups in total. The molecule has 0 fully saturated rings. The molecular weight excluding hydrogens is 322 g/mol. The van der Waals surface area contributed by atoms with Crippen molar-refractivity contribution in [2.24, 2.45) is 0 Å². The van der Waals surface area contributed by atoms with Gasteiger partial charge in [0.25, 0.3) is 5.91 Å². The number of benzene rings is 1. The van der Waals surface area contributed by atoms with Gasteiger partial charge in [0.15, 0.2) is 0 Å². The highest BCUT2D eigenvalue weighted by Gasteiger charge is 2.09. The fourth-order valence-electron chi connectivity index (χ4n) is 2.13. The molecule has 0 saturated carbocycles. The van der Waals surface area contributed by atoms with Crippen LogP contribution in [0.2, 0.25) is 0 Å². The van der Waals surface area contributed by atoms with Crippen molar-refractivity contribution in [1.82, 2.24) is 15.6 Å². The van der Waals surface area contributed by atoms with Crippen LogP contribution in [-0.2, 0) is 17.9 Å². The zero-order chi connectivity index (χ0) is 18.1. The molecule has 0 atom stereocenters. The maximum atomic E-state index is 11.9. The largest absolute Gasteiger partial charge is 0.494 e. The molecule has 0 aliphatic heterocycles. The van der Waals surface area contributed by atoms with Crippen molar-refractivity contribution in [2.45, 2.75) is 20.1 Å². The van der Waals surface area contributed by atoms with E-state index in [2.05, 4.69) is 15.6 Å². The van der Waals surface area contributed by atoms with Gasteiger partial charge < -0.3 is 20.1 Å². The van der Waals surface area contributed by atoms with Crippen molar-refractivity contribution < 1.29 is 19.1 Å². The van der Waals surface area contributed by atoms with E-state index in [0.29, 0.717) is 18.7 Å². The number of ether oxygens (including phenoxy) is 2. The predicted octanol–water partition coefficient (Wildman–Crippen LogP) is 2.27. The highest BCUT2D eigenvalue weighted by atomic mass is 16.5. The monoisotopic (exact) mass is 343 g/mol. The van der Waals surface area contributed by atoms with E-state index in [9.17, 15) is 9.59 Å². The second-order valence-electron chi connectivity index (χ2n) is 5.10. The average molecular weight is 343 g/mol. The summed E-state index contributed by atoms with van der Waals surface area (Å²) in [5.41, 5.74) is 1.82. The zero-order valence-corrected chi connectivity index (χ0v) is 14.2. The number of nitrogens with one attached hydrogen (secondary N) is 2. The van der Waals surface area contributed by atoms with E-state index in [1.165, 1.54) is 13.2 Å². The molecule has 1 aromatic carbocycles. The Morgan fingerprint density at radius 2 is 2.00 bits per heavy atom. The van der Waals surface area contributed by atoms with Crippen LogP contribution in [0.25, 0.3) is 0 Å². The Balaban J connectivity index is 1.86. The summed E-state index contributed by atoms with van der Waals surface area (Å²) in [5.74, 6) is 0.438. The van der Waals surface area contributed by atoms with E-state index in [1.54, 1.807) is 12.1 Å². The van der Waals surface area contributed by atoms with Gasteiger partial charge in [0.1, 0.15) is 18.1 Å². The van der Waals surface area contributed by atoms with Crippen LogP contribution >= 0.6 is 0 Å². The first-order chi connectivity index (χ1) is 12.1. The Hall–Kier alpha value is -3.09. The molecule has 0 aliphatic rings. The summed E-state index contributed by atoms with van der Waals surface area (Å²) in [6, 6.07) is 10.7. The number of pyridine rings is 1. The molecule has 7 nitrogen and oxygen atoms in total. The minimum absolute atomic E-state index is 0.0471. The van der Waals surface area contributed by atoms with Gasteiger partial charge in [0.05, 0.1) is 6.61 Å². The molecule has 2 amide bonds. The van der Waals surface area contributed by atoms with Gasteiger partial charge in [-0.2, -0.15) is 0 Å². The highest BCUT2D eigenvalue weighted by molar-refractivity contribution is 5.92. The smallest absolute Gasteiger partial charge is 0.407 e. The van der Waals surface area contributed by atoms with Gasteiger partial charge >= 0.3 is 6.09 Å². The fraction of sp³-hybridized carbons (Fsp3) is 0.278. The lowest BCUT2D eigenvalue weighted by molar-refractivity contribution is 0.0958. The van der Waals surface area contributed by atoms with Crippen LogP contribution in [0.5, 0.6) is 5.75 Å². The van der Waals surface area contributed by atoms with Crippen molar-refractivity contribution in [1.29, 1.82) is 0 Å². The topological polar surface area (TPSA) is 89.6 Å². The number of nitrogens with zero attached hydrogens (tertiary/aromatic N) is 1. The normalized spacial score (nSPS) is 10.0. The minimum atomic E-state index is -0.551. The standard InChI is InChI=1S/C18H21N3O4/c1-3-24-16-7-5-4-6-14(16)11-21-18(23)25-12-13-8-9-20-15(10-13)17(22)19-2/h4-10H,3,11-12H2,1-2H3,(H,19,22)(H,21,23). The third-order valence-electron chi connectivity index (χ3n) is 3.35. The Labute approximate surface area is 146 Å². The summed E-state index contributed by atoms with van der Waals surface area (Å²) in [7, 11) is 1.53. The number of alkyl carbamates (subject to hydrolysis) is 1. The number of carbonyl (C=O) groups is 2. The second-order valence-corrected chi connectivity index (χ2v) is 5.10. The molecule has 7 heteroatoms. The van der Waals surface area contributed by atoms with E-state index in [4.69, 9.17) is 9.47 Å². The molecule has 132 valence electrons. The van der Waals surface area contributed by atoms with Crippen LogP contribution in [-0.4, -0.2) is 30.6 Å². The van der Waals surface area contributed by atoms with Gasteiger partial charge in [-0.1, -0.05) is 18.2 Å². The molecule has 0 aliphatic carbocycles. The Kier molecular flexibility index (Phi) is 6.76. The maximum Gasteiger partial charge on any atom is 0.407 e. The maximum absolute atomic E-state index is 11.9. The summed E-state index contributed by atoms with van der Waals surface area (Å²) in [5, 5.41) is 5.17. The molecular formula is C18H21N3O4. The molecule has 2 aromatic rings. The SMILES string of the molecule is CCOc1ccccc1CNC(=O)OCc1ccnc(C(=O)NC)c1. The number of hydrogen-bond donors (Lipinski definition) is 2. The first-order valence-corrected chi connectivity index (χ1v) is 7.92. The first kappa shape index (κ1) is 18.3. The van der Waals surface area contributed by atoms with Crippen LogP contribution in [0.1, 0.15) is 28.5 Å². The molecule has 2 rings (SSSR count). The van der Waals surface area contributed by atoms with Crippen LogP contribution in [0, 0.1) is 0 Å². The van der Waals surface area contributed by atoms with Gasteiger partial charge in [0.2, 0.25) is 0 Å². The second kappa shape index (κ2) is 9.27. The van der Waals surface area contributed by atoms with Gasteiger partial charge in [0, 0.05) is 25.4 Å². The molecule has 0 bridgehead atoms. The molecule has 0 spiro atoms. The van der Waals surface area contributed by atoms with E-state index < -0.39 is 6.09 Å². The number of amides is 2. The lowest BCUT2D eigenvalue weighted by atomic mass is 10.2. The van der Waals surface area contributed by atoms with E-state index >= 15 is 0 Å². The highest BCUT2D eigenvalue weighted by Crippen LogP contribution is 2.17. The van der Waals surface area contributed by atoms with Crippen molar-refractivity contribution in [3.8, 4) is 5.75 Å².